The van der Waals surface area contributed by atoms with Gasteiger partial charge in [-0.25, -0.2) is 4.79 Å². The van der Waals surface area contributed by atoms with Gasteiger partial charge in [0.05, 0.1) is 0 Å². The topological polar surface area (TPSA) is 57.6 Å². The molecule has 1 unspecified atom stereocenters. The molecule has 0 aromatic rings. The second-order valence-electron chi connectivity index (χ2n) is 3.91. The average molecular weight is 227 g/mol. The van der Waals surface area contributed by atoms with Crippen LogP contribution in [0.2, 0.25) is 0 Å². The predicted molar refractivity (Wildman–Crippen MR) is 63.1 cm³/mol. The Hall–Kier alpha value is -1.32. The molecule has 92 valence electrons. The van der Waals surface area contributed by atoms with Crippen LogP contribution in [0.5, 0.6) is 0 Å². The Morgan fingerprint density at radius 1 is 1.38 bits per heavy atom. The van der Waals surface area contributed by atoms with Gasteiger partial charge in [-0.1, -0.05) is 12.5 Å². The van der Waals surface area contributed by atoms with Gasteiger partial charge in [0, 0.05) is 13.5 Å². The van der Waals surface area contributed by atoms with E-state index in [9.17, 15) is 9.59 Å². The molecule has 1 atom stereocenters. The number of carbonyl (C=O) groups excluding carboxylic acids is 1. The predicted octanol–water partition coefficient (Wildman–Crippen LogP) is 2.05. The van der Waals surface area contributed by atoms with Crippen LogP contribution in [-0.4, -0.2) is 35.0 Å². The van der Waals surface area contributed by atoms with E-state index in [1.165, 1.54) is 18.9 Å². The van der Waals surface area contributed by atoms with Crippen LogP contribution >= 0.6 is 0 Å². The van der Waals surface area contributed by atoms with Crippen molar-refractivity contribution in [2.45, 2.75) is 45.1 Å². The molecule has 1 amide bonds. The molecule has 0 aliphatic rings. The van der Waals surface area contributed by atoms with Gasteiger partial charge in [-0.15, -0.1) is 6.58 Å². The number of carboxylic acid groups (broad SMARTS) is 1. The van der Waals surface area contributed by atoms with Gasteiger partial charge in [0.15, 0.2) is 0 Å². The SMILES string of the molecule is C=CCCCCCC(=O)N(C)C(C)C(=O)O. The summed E-state index contributed by atoms with van der Waals surface area (Å²) in [5.74, 6) is -1.07. The number of allylic oxidation sites excluding steroid dienone is 1. The Bertz CT molecular complexity index is 251. The van der Waals surface area contributed by atoms with Gasteiger partial charge in [0.25, 0.3) is 0 Å². The molecule has 4 nitrogen and oxygen atoms in total. The first-order chi connectivity index (χ1) is 7.50. The summed E-state index contributed by atoms with van der Waals surface area (Å²) in [4.78, 5) is 23.5. The Morgan fingerprint density at radius 2 is 2.00 bits per heavy atom. The lowest BCUT2D eigenvalue weighted by molar-refractivity contribution is -0.148. The highest BCUT2D eigenvalue weighted by Gasteiger charge is 2.20. The van der Waals surface area contributed by atoms with E-state index in [0.29, 0.717) is 6.42 Å². The van der Waals surface area contributed by atoms with Crippen molar-refractivity contribution in [3.05, 3.63) is 12.7 Å². The summed E-state index contributed by atoms with van der Waals surface area (Å²) in [5, 5.41) is 8.74. The molecular formula is C12H21NO3. The molecule has 0 heterocycles. The average Bonchev–Trinajstić information content (AvgIpc) is 2.26. The maximum absolute atomic E-state index is 11.6. The molecule has 0 aromatic heterocycles. The molecule has 0 aliphatic carbocycles. The lowest BCUT2D eigenvalue weighted by Crippen LogP contribution is -2.40. The molecule has 0 radical (unpaired) electrons. The summed E-state index contributed by atoms with van der Waals surface area (Å²) in [7, 11) is 1.53. The van der Waals surface area contributed by atoms with Crippen LogP contribution in [0.25, 0.3) is 0 Å². The van der Waals surface area contributed by atoms with Crippen molar-refractivity contribution in [1.82, 2.24) is 4.90 Å². The normalized spacial score (nSPS) is 11.9. The van der Waals surface area contributed by atoms with E-state index in [0.717, 1.165) is 25.7 Å². The smallest absolute Gasteiger partial charge is 0.326 e. The summed E-state index contributed by atoms with van der Waals surface area (Å²) in [5.41, 5.74) is 0. The van der Waals surface area contributed by atoms with Gasteiger partial charge in [0.2, 0.25) is 5.91 Å². The second kappa shape index (κ2) is 7.91. The van der Waals surface area contributed by atoms with E-state index in [-0.39, 0.29) is 5.91 Å². The quantitative estimate of drug-likeness (QED) is 0.510. The van der Waals surface area contributed by atoms with Crippen molar-refractivity contribution in [1.29, 1.82) is 0 Å². The second-order valence-corrected chi connectivity index (χ2v) is 3.91. The van der Waals surface area contributed by atoms with Crippen molar-refractivity contribution in [3.8, 4) is 0 Å². The van der Waals surface area contributed by atoms with E-state index in [1.54, 1.807) is 0 Å². The maximum Gasteiger partial charge on any atom is 0.326 e. The van der Waals surface area contributed by atoms with Crippen LogP contribution in [0.1, 0.15) is 39.0 Å². The van der Waals surface area contributed by atoms with Crippen molar-refractivity contribution in [2.75, 3.05) is 7.05 Å². The van der Waals surface area contributed by atoms with Crippen molar-refractivity contribution in [2.24, 2.45) is 0 Å². The molecule has 0 saturated heterocycles. The zero-order chi connectivity index (χ0) is 12.6. The highest BCUT2D eigenvalue weighted by atomic mass is 16.4. The van der Waals surface area contributed by atoms with E-state index in [4.69, 9.17) is 5.11 Å². The minimum absolute atomic E-state index is 0.103. The number of aliphatic carboxylic acids is 1. The van der Waals surface area contributed by atoms with Crippen molar-refractivity contribution in [3.63, 3.8) is 0 Å². The molecule has 4 heteroatoms. The Balaban J connectivity index is 3.79. The van der Waals surface area contributed by atoms with Gasteiger partial charge in [0.1, 0.15) is 6.04 Å². The lowest BCUT2D eigenvalue weighted by Gasteiger charge is -2.21. The number of hydrogen-bond donors (Lipinski definition) is 1. The van der Waals surface area contributed by atoms with Crippen LogP contribution in [0, 0.1) is 0 Å². The number of likely N-dealkylation sites (N-methyl/N-ethyl adjacent to an activating group) is 1. The minimum Gasteiger partial charge on any atom is -0.480 e. The van der Waals surface area contributed by atoms with E-state index >= 15 is 0 Å². The molecule has 0 spiro atoms. The molecule has 1 N–H and O–H groups in total. The summed E-state index contributed by atoms with van der Waals surface area (Å²) < 4.78 is 0. The third kappa shape index (κ3) is 5.53. The molecule has 0 aliphatic heterocycles. The van der Waals surface area contributed by atoms with Gasteiger partial charge in [-0.05, 0) is 26.2 Å². The summed E-state index contributed by atoms with van der Waals surface area (Å²) in [6.45, 7) is 5.14. The fraction of sp³-hybridized carbons (Fsp3) is 0.667. The number of hydrogen-bond acceptors (Lipinski definition) is 2. The molecule has 0 saturated carbocycles. The molecule has 0 rings (SSSR count). The Labute approximate surface area is 96.9 Å². The molecule has 0 aromatic carbocycles. The standard InChI is InChI=1S/C12H21NO3/c1-4-5-6-7-8-9-11(14)13(3)10(2)12(15)16/h4,10H,1,5-9H2,2-3H3,(H,15,16). The van der Waals surface area contributed by atoms with Crippen molar-refractivity contribution < 1.29 is 14.7 Å². The van der Waals surface area contributed by atoms with E-state index in [1.807, 2.05) is 6.08 Å². The van der Waals surface area contributed by atoms with Gasteiger partial charge < -0.3 is 10.0 Å². The van der Waals surface area contributed by atoms with E-state index < -0.39 is 12.0 Å². The molecule has 0 fully saturated rings. The molecule has 16 heavy (non-hydrogen) atoms. The van der Waals surface area contributed by atoms with Gasteiger partial charge in [-0.3, -0.25) is 4.79 Å². The minimum atomic E-state index is -0.970. The first kappa shape index (κ1) is 14.7. The molecular weight excluding hydrogens is 206 g/mol. The van der Waals surface area contributed by atoms with Crippen LogP contribution in [-0.2, 0) is 9.59 Å². The van der Waals surface area contributed by atoms with Crippen molar-refractivity contribution >= 4 is 11.9 Å². The Morgan fingerprint density at radius 3 is 2.50 bits per heavy atom. The first-order valence-electron chi connectivity index (χ1n) is 5.60. The van der Waals surface area contributed by atoms with E-state index in [2.05, 4.69) is 6.58 Å². The number of carboxylic acids is 1. The fourth-order valence-corrected chi connectivity index (χ4v) is 1.30. The third-order valence-corrected chi connectivity index (χ3v) is 2.63. The maximum atomic E-state index is 11.6. The monoisotopic (exact) mass is 227 g/mol. The van der Waals surface area contributed by atoms with Gasteiger partial charge >= 0.3 is 5.97 Å². The first-order valence-corrected chi connectivity index (χ1v) is 5.60. The number of nitrogens with zero attached hydrogens (tertiary/aromatic N) is 1. The summed E-state index contributed by atoms with van der Waals surface area (Å²) in [6.07, 6.45) is 6.08. The summed E-state index contributed by atoms with van der Waals surface area (Å²) >= 11 is 0. The van der Waals surface area contributed by atoms with Crippen LogP contribution in [0.15, 0.2) is 12.7 Å². The number of carbonyl (C=O) groups is 2. The number of rotatable bonds is 8. The molecule has 0 bridgehead atoms. The zero-order valence-corrected chi connectivity index (χ0v) is 10.1. The van der Waals surface area contributed by atoms with Crippen LogP contribution < -0.4 is 0 Å². The lowest BCUT2D eigenvalue weighted by atomic mass is 10.1. The fourth-order valence-electron chi connectivity index (χ4n) is 1.30. The number of unbranched alkanes of at least 4 members (excludes halogenated alkanes) is 3. The number of amides is 1. The largest absolute Gasteiger partial charge is 0.480 e. The summed E-state index contributed by atoms with van der Waals surface area (Å²) in [6, 6.07) is -0.749. The van der Waals surface area contributed by atoms with Gasteiger partial charge in [-0.2, -0.15) is 0 Å². The van der Waals surface area contributed by atoms with Crippen LogP contribution in [0.3, 0.4) is 0 Å². The highest BCUT2D eigenvalue weighted by molar-refractivity contribution is 5.83. The Kier molecular flexibility index (Phi) is 7.25. The highest BCUT2D eigenvalue weighted by Crippen LogP contribution is 2.07. The van der Waals surface area contributed by atoms with Crippen LogP contribution in [0.4, 0.5) is 0 Å². The third-order valence-electron chi connectivity index (χ3n) is 2.63. The zero-order valence-electron chi connectivity index (χ0n) is 10.1.